The fourth-order valence-corrected chi connectivity index (χ4v) is 4.61. The molecule has 1 aliphatic carbocycles. The van der Waals surface area contributed by atoms with Crippen molar-refractivity contribution in [2.24, 2.45) is 5.92 Å². The first-order valence-corrected chi connectivity index (χ1v) is 10.2. The van der Waals surface area contributed by atoms with Crippen molar-refractivity contribution < 1.29 is 9.59 Å². The molecule has 0 radical (unpaired) electrons. The van der Waals surface area contributed by atoms with Crippen LogP contribution in [0.2, 0.25) is 0 Å². The van der Waals surface area contributed by atoms with Crippen LogP contribution in [0.4, 0.5) is 10.5 Å². The van der Waals surface area contributed by atoms with Gasteiger partial charge in [-0.1, -0.05) is 12.1 Å². The van der Waals surface area contributed by atoms with Gasteiger partial charge >= 0.3 is 6.03 Å². The van der Waals surface area contributed by atoms with E-state index in [4.69, 9.17) is 0 Å². The summed E-state index contributed by atoms with van der Waals surface area (Å²) in [6, 6.07) is 6.38. The number of carbonyl (C=O) groups is 2. The Kier molecular flexibility index (Phi) is 5.14. The Morgan fingerprint density at radius 2 is 1.69 bits per heavy atom. The second-order valence-electron chi connectivity index (χ2n) is 7.90. The summed E-state index contributed by atoms with van der Waals surface area (Å²) in [6.45, 7) is 3.06. The van der Waals surface area contributed by atoms with Crippen molar-refractivity contribution in [2.45, 2.75) is 51.4 Å². The van der Waals surface area contributed by atoms with E-state index >= 15 is 0 Å². The molecule has 1 aromatic rings. The standard InChI is InChI=1S/C21H29N3O2/c25-20(22-19-11-5-8-16-7-1-2-10-18(16)19)17-9-6-14-24(15-17)21(26)23-12-3-4-13-23/h5,8,11,17H,1-4,6-7,9-10,12-15H2,(H,22,25). The van der Waals surface area contributed by atoms with Crippen LogP contribution in [0.5, 0.6) is 0 Å². The molecule has 2 aliphatic heterocycles. The first-order valence-electron chi connectivity index (χ1n) is 10.2. The Morgan fingerprint density at radius 3 is 2.54 bits per heavy atom. The van der Waals surface area contributed by atoms with E-state index in [-0.39, 0.29) is 17.9 Å². The number of urea groups is 1. The summed E-state index contributed by atoms with van der Waals surface area (Å²) in [6.07, 6.45) is 8.57. The van der Waals surface area contributed by atoms with E-state index in [9.17, 15) is 9.59 Å². The van der Waals surface area contributed by atoms with E-state index in [0.29, 0.717) is 6.54 Å². The van der Waals surface area contributed by atoms with Gasteiger partial charge in [0.05, 0.1) is 5.92 Å². The number of fused-ring (bicyclic) bond motifs is 1. The zero-order valence-electron chi connectivity index (χ0n) is 15.5. The SMILES string of the molecule is O=C(Nc1cccc2c1CCCC2)C1CCCN(C(=O)N2CCCC2)C1. The van der Waals surface area contributed by atoms with Gasteiger partial charge in [-0.3, -0.25) is 4.79 Å². The molecule has 0 spiro atoms. The van der Waals surface area contributed by atoms with Crippen molar-refractivity contribution in [3.63, 3.8) is 0 Å². The number of carbonyl (C=O) groups excluding carboxylic acids is 2. The molecule has 140 valence electrons. The summed E-state index contributed by atoms with van der Waals surface area (Å²) < 4.78 is 0. The van der Waals surface area contributed by atoms with Gasteiger partial charge in [-0.15, -0.1) is 0 Å². The lowest BCUT2D eigenvalue weighted by Gasteiger charge is -2.34. The number of aryl methyl sites for hydroxylation is 1. The van der Waals surface area contributed by atoms with Gasteiger partial charge in [0, 0.05) is 31.9 Å². The number of rotatable bonds is 2. The van der Waals surface area contributed by atoms with E-state index in [1.807, 2.05) is 21.9 Å². The number of anilines is 1. The average molecular weight is 355 g/mol. The third-order valence-electron chi connectivity index (χ3n) is 6.09. The second-order valence-corrected chi connectivity index (χ2v) is 7.90. The molecule has 0 saturated carbocycles. The molecule has 0 bridgehead atoms. The fraction of sp³-hybridized carbons (Fsp3) is 0.619. The number of hydrogen-bond acceptors (Lipinski definition) is 2. The van der Waals surface area contributed by atoms with Gasteiger partial charge in [-0.25, -0.2) is 4.79 Å². The van der Waals surface area contributed by atoms with Gasteiger partial charge in [0.25, 0.3) is 0 Å². The monoisotopic (exact) mass is 355 g/mol. The fourth-order valence-electron chi connectivity index (χ4n) is 4.61. The summed E-state index contributed by atoms with van der Waals surface area (Å²) in [5.41, 5.74) is 3.67. The predicted octanol–water partition coefficient (Wildman–Crippen LogP) is 3.43. The zero-order valence-corrected chi connectivity index (χ0v) is 15.5. The zero-order chi connectivity index (χ0) is 17.9. The van der Waals surface area contributed by atoms with Gasteiger partial charge in [0.1, 0.15) is 0 Å². The molecule has 0 aromatic heterocycles. The van der Waals surface area contributed by atoms with Crippen LogP contribution in [0.3, 0.4) is 0 Å². The normalized spacial score (nSPS) is 22.8. The van der Waals surface area contributed by atoms with Crippen LogP contribution in [0.25, 0.3) is 0 Å². The molecule has 1 N–H and O–H groups in total. The molecule has 2 saturated heterocycles. The number of benzene rings is 1. The summed E-state index contributed by atoms with van der Waals surface area (Å²) >= 11 is 0. The Labute approximate surface area is 155 Å². The lowest BCUT2D eigenvalue weighted by molar-refractivity contribution is -0.121. The third kappa shape index (κ3) is 3.57. The molecule has 5 heteroatoms. The van der Waals surface area contributed by atoms with Gasteiger partial charge in [0.15, 0.2) is 0 Å². The first kappa shape index (κ1) is 17.4. The number of nitrogens with one attached hydrogen (secondary N) is 1. The van der Waals surface area contributed by atoms with Crippen LogP contribution in [-0.4, -0.2) is 47.9 Å². The quantitative estimate of drug-likeness (QED) is 0.884. The van der Waals surface area contributed by atoms with E-state index in [2.05, 4.69) is 11.4 Å². The smallest absolute Gasteiger partial charge is 0.320 e. The highest BCUT2D eigenvalue weighted by Gasteiger charge is 2.31. The molecule has 5 nitrogen and oxygen atoms in total. The van der Waals surface area contributed by atoms with Gasteiger partial charge < -0.3 is 15.1 Å². The number of amides is 3. The Morgan fingerprint density at radius 1 is 0.923 bits per heavy atom. The minimum Gasteiger partial charge on any atom is -0.326 e. The van der Waals surface area contributed by atoms with Gasteiger partial charge in [-0.2, -0.15) is 0 Å². The maximum absolute atomic E-state index is 12.9. The van der Waals surface area contributed by atoms with Crippen LogP contribution in [0.15, 0.2) is 18.2 Å². The van der Waals surface area contributed by atoms with Crippen molar-refractivity contribution in [3.8, 4) is 0 Å². The molecule has 3 aliphatic rings. The Balaban J connectivity index is 1.41. The maximum Gasteiger partial charge on any atom is 0.320 e. The minimum atomic E-state index is -0.102. The molecule has 1 unspecified atom stereocenters. The maximum atomic E-state index is 12.9. The number of likely N-dealkylation sites (tertiary alicyclic amines) is 2. The molecule has 1 atom stereocenters. The molecule has 26 heavy (non-hydrogen) atoms. The molecule has 2 heterocycles. The molecular formula is C21H29N3O2. The molecule has 4 rings (SSSR count). The van der Waals surface area contributed by atoms with Gasteiger partial charge in [-0.05, 0) is 68.6 Å². The van der Waals surface area contributed by atoms with E-state index in [1.165, 1.54) is 24.0 Å². The topological polar surface area (TPSA) is 52.7 Å². The largest absolute Gasteiger partial charge is 0.326 e. The first-order chi connectivity index (χ1) is 12.7. The molecule has 1 aromatic carbocycles. The van der Waals surface area contributed by atoms with Crippen molar-refractivity contribution in [1.29, 1.82) is 0 Å². The van der Waals surface area contributed by atoms with Crippen LogP contribution < -0.4 is 5.32 Å². The van der Waals surface area contributed by atoms with Crippen molar-refractivity contribution >= 4 is 17.6 Å². The molecular weight excluding hydrogens is 326 g/mol. The van der Waals surface area contributed by atoms with Crippen molar-refractivity contribution in [3.05, 3.63) is 29.3 Å². The minimum absolute atomic E-state index is 0.0721. The van der Waals surface area contributed by atoms with E-state index < -0.39 is 0 Å². The highest BCUT2D eigenvalue weighted by molar-refractivity contribution is 5.94. The van der Waals surface area contributed by atoms with Gasteiger partial charge in [0.2, 0.25) is 5.91 Å². The van der Waals surface area contributed by atoms with Crippen LogP contribution in [-0.2, 0) is 17.6 Å². The lowest BCUT2D eigenvalue weighted by atomic mass is 9.90. The number of nitrogens with zero attached hydrogens (tertiary/aromatic N) is 2. The summed E-state index contributed by atoms with van der Waals surface area (Å²) in [5, 5.41) is 3.18. The van der Waals surface area contributed by atoms with E-state index in [0.717, 1.165) is 63.8 Å². The summed E-state index contributed by atoms with van der Waals surface area (Å²) in [4.78, 5) is 29.3. The highest BCUT2D eigenvalue weighted by atomic mass is 16.2. The second kappa shape index (κ2) is 7.68. The van der Waals surface area contributed by atoms with Crippen molar-refractivity contribution in [1.82, 2.24) is 9.80 Å². The number of hydrogen-bond donors (Lipinski definition) is 1. The summed E-state index contributed by atoms with van der Waals surface area (Å²) in [5.74, 6) is -0.0300. The highest BCUT2D eigenvalue weighted by Crippen LogP contribution is 2.29. The predicted molar refractivity (Wildman–Crippen MR) is 102 cm³/mol. The third-order valence-corrected chi connectivity index (χ3v) is 6.09. The molecule has 2 fully saturated rings. The summed E-state index contributed by atoms with van der Waals surface area (Å²) in [7, 11) is 0. The van der Waals surface area contributed by atoms with E-state index in [1.54, 1.807) is 0 Å². The lowest BCUT2D eigenvalue weighted by Crippen LogP contribution is -2.48. The van der Waals surface area contributed by atoms with Crippen LogP contribution in [0, 0.1) is 5.92 Å². The van der Waals surface area contributed by atoms with Crippen LogP contribution >= 0.6 is 0 Å². The van der Waals surface area contributed by atoms with Crippen LogP contribution in [0.1, 0.15) is 49.7 Å². The molecule has 3 amide bonds. The average Bonchev–Trinajstić information content (AvgIpc) is 3.22. The Bertz CT molecular complexity index is 682. The Hall–Kier alpha value is -2.04. The van der Waals surface area contributed by atoms with Crippen molar-refractivity contribution in [2.75, 3.05) is 31.5 Å². The number of piperidine rings is 1.